The summed E-state index contributed by atoms with van der Waals surface area (Å²) < 4.78 is 15.9. The maximum Gasteiger partial charge on any atom is 0.306 e. The van der Waals surface area contributed by atoms with E-state index in [2.05, 4.69) is 5.32 Å². The van der Waals surface area contributed by atoms with Crippen LogP contribution >= 0.6 is 0 Å². The van der Waals surface area contributed by atoms with Gasteiger partial charge in [-0.25, -0.2) is 0 Å². The fourth-order valence-electron chi connectivity index (χ4n) is 2.33. The molecule has 0 aliphatic heterocycles. The summed E-state index contributed by atoms with van der Waals surface area (Å²) in [5.74, 6) is 0.449. The van der Waals surface area contributed by atoms with Gasteiger partial charge in [0, 0.05) is 6.42 Å². The quantitative estimate of drug-likeness (QED) is 0.537. The monoisotopic (exact) mass is 371 g/mol. The minimum atomic E-state index is -0.902. The van der Waals surface area contributed by atoms with Crippen LogP contribution in [0, 0.1) is 6.92 Å². The molecule has 6 heteroatoms. The average Bonchev–Trinajstić information content (AvgIpc) is 2.67. The van der Waals surface area contributed by atoms with Crippen molar-refractivity contribution in [2.75, 3.05) is 19.0 Å². The molecule has 0 unspecified atom stereocenters. The second kappa shape index (κ2) is 10.2. The Balaban J connectivity index is 1.71. The number of carbonyl (C=O) groups excluding carboxylic acids is 2. The lowest BCUT2D eigenvalue weighted by Gasteiger charge is -2.15. The predicted molar refractivity (Wildman–Crippen MR) is 103 cm³/mol. The summed E-state index contributed by atoms with van der Waals surface area (Å²) in [6, 6.07) is 14.7. The fourth-order valence-corrected chi connectivity index (χ4v) is 2.33. The minimum absolute atomic E-state index is 0.179. The van der Waals surface area contributed by atoms with Crippen molar-refractivity contribution in [1.29, 1.82) is 0 Å². The highest BCUT2D eigenvalue weighted by Crippen LogP contribution is 2.23. The van der Waals surface area contributed by atoms with E-state index in [4.69, 9.17) is 14.2 Å². The molecule has 2 rings (SSSR count). The second-order valence-electron chi connectivity index (χ2n) is 6.09. The molecule has 0 saturated heterocycles. The molecule has 0 heterocycles. The largest absolute Gasteiger partial charge is 0.495 e. The Labute approximate surface area is 159 Å². The van der Waals surface area contributed by atoms with Crippen molar-refractivity contribution >= 4 is 17.6 Å². The van der Waals surface area contributed by atoms with Gasteiger partial charge in [-0.2, -0.15) is 0 Å². The maximum absolute atomic E-state index is 12.2. The third-order valence-electron chi connectivity index (χ3n) is 3.86. The maximum atomic E-state index is 12.2. The van der Waals surface area contributed by atoms with Crippen LogP contribution in [-0.4, -0.2) is 31.7 Å². The SMILES string of the molecule is COc1ccccc1NC(=O)[C@@H](C)OC(=O)CCCOc1ccc(C)cc1. The number of carbonyl (C=O) groups is 2. The van der Waals surface area contributed by atoms with E-state index in [1.165, 1.54) is 14.0 Å². The average molecular weight is 371 g/mol. The molecule has 0 bridgehead atoms. The Morgan fingerprint density at radius 2 is 1.78 bits per heavy atom. The van der Waals surface area contributed by atoms with Crippen molar-refractivity contribution < 1.29 is 23.8 Å². The Hall–Kier alpha value is -3.02. The number of ether oxygens (including phenoxy) is 3. The Bertz CT molecular complexity index is 757. The second-order valence-corrected chi connectivity index (χ2v) is 6.09. The van der Waals surface area contributed by atoms with Gasteiger partial charge in [0.2, 0.25) is 0 Å². The van der Waals surface area contributed by atoms with E-state index in [9.17, 15) is 9.59 Å². The summed E-state index contributed by atoms with van der Waals surface area (Å²) in [6.45, 7) is 3.94. The van der Waals surface area contributed by atoms with Gasteiger partial charge in [-0.05, 0) is 44.5 Å². The molecule has 0 spiro atoms. The first-order chi connectivity index (χ1) is 13.0. The van der Waals surface area contributed by atoms with Gasteiger partial charge < -0.3 is 19.5 Å². The molecular formula is C21H25NO5. The fraction of sp³-hybridized carbons (Fsp3) is 0.333. The summed E-state index contributed by atoms with van der Waals surface area (Å²) in [7, 11) is 1.52. The van der Waals surface area contributed by atoms with Crippen LogP contribution in [-0.2, 0) is 14.3 Å². The molecule has 27 heavy (non-hydrogen) atoms. The van der Waals surface area contributed by atoms with Crippen molar-refractivity contribution in [3.63, 3.8) is 0 Å². The van der Waals surface area contributed by atoms with Crippen LogP contribution in [0.1, 0.15) is 25.3 Å². The summed E-state index contributed by atoms with van der Waals surface area (Å²) in [5.41, 5.74) is 1.69. The molecule has 2 aromatic carbocycles. The van der Waals surface area contributed by atoms with Crippen LogP contribution in [0.2, 0.25) is 0 Å². The zero-order valence-electron chi connectivity index (χ0n) is 15.9. The van der Waals surface area contributed by atoms with E-state index in [1.807, 2.05) is 31.2 Å². The lowest BCUT2D eigenvalue weighted by Crippen LogP contribution is -2.30. The van der Waals surface area contributed by atoms with Crippen molar-refractivity contribution in [3.05, 3.63) is 54.1 Å². The molecule has 0 aromatic heterocycles. The van der Waals surface area contributed by atoms with Gasteiger partial charge in [-0.15, -0.1) is 0 Å². The van der Waals surface area contributed by atoms with Crippen LogP contribution in [0.15, 0.2) is 48.5 Å². The number of benzene rings is 2. The van der Waals surface area contributed by atoms with Gasteiger partial charge in [-0.1, -0.05) is 29.8 Å². The van der Waals surface area contributed by atoms with Crippen LogP contribution in [0.5, 0.6) is 11.5 Å². The van der Waals surface area contributed by atoms with E-state index in [1.54, 1.807) is 24.3 Å². The highest BCUT2D eigenvalue weighted by Gasteiger charge is 2.18. The smallest absolute Gasteiger partial charge is 0.306 e. The van der Waals surface area contributed by atoms with Crippen LogP contribution in [0.25, 0.3) is 0 Å². The van der Waals surface area contributed by atoms with Crippen LogP contribution < -0.4 is 14.8 Å². The lowest BCUT2D eigenvalue weighted by molar-refractivity contribution is -0.153. The topological polar surface area (TPSA) is 73.9 Å². The highest BCUT2D eigenvalue weighted by atomic mass is 16.5. The molecule has 144 valence electrons. The minimum Gasteiger partial charge on any atom is -0.495 e. The number of methoxy groups -OCH3 is 1. The van der Waals surface area contributed by atoms with Crippen molar-refractivity contribution in [1.82, 2.24) is 0 Å². The van der Waals surface area contributed by atoms with Gasteiger partial charge >= 0.3 is 5.97 Å². The first-order valence-electron chi connectivity index (χ1n) is 8.82. The number of amides is 1. The van der Waals surface area contributed by atoms with Gasteiger partial charge in [-0.3, -0.25) is 9.59 Å². The van der Waals surface area contributed by atoms with Crippen LogP contribution in [0.4, 0.5) is 5.69 Å². The van der Waals surface area contributed by atoms with Gasteiger partial charge in [0.05, 0.1) is 19.4 Å². The van der Waals surface area contributed by atoms with E-state index in [-0.39, 0.29) is 6.42 Å². The number of aryl methyl sites for hydroxylation is 1. The van der Waals surface area contributed by atoms with E-state index < -0.39 is 18.0 Å². The Morgan fingerprint density at radius 1 is 1.07 bits per heavy atom. The first-order valence-corrected chi connectivity index (χ1v) is 8.82. The molecule has 1 atom stereocenters. The predicted octanol–water partition coefficient (Wildman–Crippen LogP) is 3.73. The molecule has 0 fully saturated rings. The zero-order valence-corrected chi connectivity index (χ0v) is 15.9. The standard InChI is InChI=1S/C21H25NO5/c1-15-10-12-17(13-11-15)26-14-6-9-20(23)27-16(2)21(24)22-18-7-4-5-8-19(18)25-3/h4-5,7-8,10-13,16H,6,9,14H2,1-3H3,(H,22,24)/t16-/m1/s1. The lowest BCUT2D eigenvalue weighted by atomic mass is 10.2. The molecule has 0 radical (unpaired) electrons. The number of hydrogen-bond acceptors (Lipinski definition) is 5. The van der Waals surface area contributed by atoms with Gasteiger partial charge in [0.25, 0.3) is 5.91 Å². The first kappa shape index (κ1) is 20.3. The molecule has 1 N–H and O–H groups in total. The number of rotatable bonds is 9. The van der Waals surface area contributed by atoms with Crippen molar-refractivity contribution in [2.24, 2.45) is 0 Å². The normalized spacial score (nSPS) is 11.4. The number of nitrogens with one attached hydrogen (secondary N) is 1. The third-order valence-corrected chi connectivity index (χ3v) is 3.86. The zero-order chi connectivity index (χ0) is 19.6. The number of hydrogen-bond donors (Lipinski definition) is 1. The number of anilines is 1. The van der Waals surface area contributed by atoms with E-state index in [0.29, 0.717) is 24.5 Å². The molecule has 0 aliphatic rings. The number of para-hydroxylation sites is 2. The molecule has 6 nitrogen and oxygen atoms in total. The van der Waals surface area contributed by atoms with Gasteiger partial charge in [0.1, 0.15) is 11.5 Å². The van der Waals surface area contributed by atoms with Gasteiger partial charge in [0.15, 0.2) is 6.10 Å². The summed E-state index contributed by atoms with van der Waals surface area (Å²) in [6.07, 6.45) is -0.216. The van der Waals surface area contributed by atoms with Crippen LogP contribution in [0.3, 0.4) is 0 Å². The molecular weight excluding hydrogens is 346 g/mol. The molecule has 0 aliphatic carbocycles. The third kappa shape index (κ3) is 6.66. The van der Waals surface area contributed by atoms with Crippen molar-refractivity contribution in [2.45, 2.75) is 32.8 Å². The Kier molecular flexibility index (Phi) is 7.67. The van der Waals surface area contributed by atoms with E-state index >= 15 is 0 Å². The Morgan fingerprint density at radius 3 is 2.48 bits per heavy atom. The molecule has 0 saturated carbocycles. The number of esters is 1. The summed E-state index contributed by atoms with van der Waals surface area (Å²) in [4.78, 5) is 24.1. The summed E-state index contributed by atoms with van der Waals surface area (Å²) in [5, 5.41) is 2.69. The van der Waals surface area contributed by atoms with Crippen molar-refractivity contribution in [3.8, 4) is 11.5 Å². The molecule has 2 aromatic rings. The highest BCUT2D eigenvalue weighted by molar-refractivity contribution is 5.96. The summed E-state index contributed by atoms with van der Waals surface area (Å²) >= 11 is 0. The van der Waals surface area contributed by atoms with E-state index in [0.717, 1.165) is 11.3 Å². The molecule has 1 amide bonds.